The monoisotopic (exact) mass is 384 g/mol. The molecule has 0 aliphatic rings. The van der Waals surface area contributed by atoms with Crippen molar-refractivity contribution in [2.24, 2.45) is 11.8 Å². The van der Waals surface area contributed by atoms with E-state index in [4.69, 9.17) is 5.11 Å². The van der Waals surface area contributed by atoms with Crippen LogP contribution in [0.5, 0.6) is 0 Å². The molecule has 2 rings (SSSR count). The number of aliphatic carboxylic acids is 2. The largest absolute Gasteiger partial charge is 0.481 e. The van der Waals surface area contributed by atoms with E-state index in [0.29, 0.717) is 0 Å². The fourth-order valence-corrected chi connectivity index (χ4v) is 3.39. The third kappa shape index (κ3) is 6.82. The Morgan fingerprint density at radius 3 is 1.68 bits per heavy atom. The van der Waals surface area contributed by atoms with Gasteiger partial charge in [0.15, 0.2) is 0 Å². The summed E-state index contributed by atoms with van der Waals surface area (Å²) in [6, 6.07) is 16.9. The molecule has 3 N–H and O–H groups in total. The standard InChI is InChI=1S/C23H28O5/c24-14-6-2-5-7-17-10-12-19(13-11-17)16-21(23(27)28)20(22(25)26)15-18-8-3-1-4-9-18/h1,3-4,8-13,20-21,24H,2,5-7,14-16H2,(H,25,26)(H,27,28)/t20-,21-/m0/s1. The molecule has 5 nitrogen and oxygen atoms in total. The van der Waals surface area contributed by atoms with Crippen molar-refractivity contribution in [3.63, 3.8) is 0 Å². The van der Waals surface area contributed by atoms with Crippen molar-refractivity contribution >= 4 is 11.9 Å². The Kier molecular flexibility index (Phi) is 8.69. The number of benzene rings is 2. The SMILES string of the molecule is O=C(O)[C@@H](Cc1ccccc1)[C@H](Cc1ccc(CCCCCO)cc1)C(=O)O. The molecule has 0 saturated carbocycles. The van der Waals surface area contributed by atoms with Crippen LogP contribution in [-0.2, 0) is 28.9 Å². The average Bonchev–Trinajstić information content (AvgIpc) is 2.69. The first kappa shape index (κ1) is 21.6. The lowest BCUT2D eigenvalue weighted by Gasteiger charge is -2.21. The highest BCUT2D eigenvalue weighted by molar-refractivity contribution is 5.80. The first-order valence-electron chi connectivity index (χ1n) is 9.69. The van der Waals surface area contributed by atoms with Crippen LogP contribution >= 0.6 is 0 Å². The van der Waals surface area contributed by atoms with Crippen LogP contribution in [0.25, 0.3) is 0 Å². The van der Waals surface area contributed by atoms with Gasteiger partial charge in [-0.1, -0.05) is 61.0 Å². The fraction of sp³-hybridized carbons (Fsp3) is 0.391. The van der Waals surface area contributed by atoms with Crippen molar-refractivity contribution < 1.29 is 24.9 Å². The van der Waals surface area contributed by atoms with Gasteiger partial charge in [-0.2, -0.15) is 0 Å². The van der Waals surface area contributed by atoms with Crippen molar-refractivity contribution in [3.05, 3.63) is 71.3 Å². The molecule has 2 atom stereocenters. The predicted octanol–water partition coefficient (Wildman–Crippen LogP) is 3.58. The Balaban J connectivity index is 2.06. The average molecular weight is 384 g/mol. The van der Waals surface area contributed by atoms with E-state index < -0.39 is 23.8 Å². The van der Waals surface area contributed by atoms with Crippen LogP contribution in [0.3, 0.4) is 0 Å². The quantitative estimate of drug-likeness (QED) is 0.486. The van der Waals surface area contributed by atoms with E-state index in [0.717, 1.165) is 42.4 Å². The number of carboxylic acid groups (broad SMARTS) is 2. The molecule has 0 heterocycles. The summed E-state index contributed by atoms with van der Waals surface area (Å²) in [5.74, 6) is -4.15. The summed E-state index contributed by atoms with van der Waals surface area (Å²) in [4.78, 5) is 23.6. The molecule has 2 aromatic carbocycles. The number of hydrogen-bond acceptors (Lipinski definition) is 3. The van der Waals surface area contributed by atoms with Crippen LogP contribution in [0.1, 0.15) is 36.0 Å². The van der Waals surface area contributed by atoms with Gasteiger partial charge in [-0.05, 0) is 48.8 Å². The lowest BCUT2D eigenvalue weighted by Crippen LogP contribution is -2.33. The maximum absolute atomic E-state index is 11.8. The first-order chi connectivity index (χ1) is 13.5. The number of rotatable bonds is 12. The van der Waals surface area contributed by atoms with Gasteiger partial charge in [0.1, 0.15) is 0 Å². The molecule has 0 spiro atoms. The minimum atomic E-state index is -1.09. The highest BCUT2D eigenvalue weighted by Crippen LogP contribution is 2.23. The third-order valence-corrected chi connectivity index (χ3v) is 5.02. The second-order valence-electron chi connectivity index (χ2n) is 7.13. The Labute approximate surface area is 165 Å². The lowest BCUT2D eigenvalue weighted by molar-refractivity contribution is -0.153. The van der Waals surface area contributed by atoms with E-state index in [1.165, 1.54) is 0 Å². The summed E-state index contributed by atoms with van der Waals surface area (Å²) in [6.45, 7) is 0.212. The molecule has 0 radical (unpaired) electrons. The topological polar surface area (TPSA) is 94.8 Å². The Hall–Kier alpha value is -2.66. The molecule has 0 aliphatic carbocycles. The number of aryl methyl sites for hydroxylation is 1. The maximum Gasteiger partial charge on any atom is 0.307 e. The second-order valence-corrected chi connectivity index (χ2v) is 7.13. The molecule has 0 bridgehead atoms. The second kappa shape index (κ2) is 11.2. The molecular formula is C23H28O5. The summed E-state index contributed by atoms with van der Waals surface area (Å²) < 4.78 is 0. The Bertz CT molecular complexity index is 739. The molecule has 0 unspecified atom stereocenters. The highest BCUT2D eigenvalue weighted by Gasteiger charge is 2.33. The van der Waals surface area contributed by atoms with Gasteiger partial charge in [-0.3, -0.25) is 9.59 Å². The van der Waals surface area contributed by atoms with E-state index in [1.54, 1.807) is 0 Å². The van der Waals surface area contributed by atoms with Crippen molar-refractivity contribution in [2.75, 3.05) is 6.61 Å². The van der Waals surface area contributed by atoms with Crippen LogP contribution < -0.4 is 0 Å². The smallest absolute Gasteiger partial charge is 0.307 e. The number of carboxylic acids is 2. The molecule has 0 aromatic heterocycles. The van der Waals surface area contributed by atoms with Crippen LogP contribution in [0, 0.1) is 11.8 Å². The van der Waals surface area contributed by atoms with Crippen molar-refractivity contribution in [3.8, 4) is 0 Å². The minimum Gasteiger partial charge on any atom is -0.481 e. The summed E-state index contributed by atoms with van der Waals surface area (Å²) in [5.41, 5.74) is 2.80. The van der Waals surface area contributed by atoms with Gasteiger partial charge in [0.05, 0.1) is 11.8 Å². The van der Waals surface area contributed by atoms with Gasteiger partial charge in [-0.15, -0.1) is 0 Å². The number of aliphatic hydroxyl groups is 1. The van der Waals surface area contributed by atoms with Crippen LogP contribution in [-0.4, -0.2) is 33.9 Å². The molecule has 2 aromatic rings. The molecule has 0 amide bonds. The summed E-state index contributed by atoms with van der Waals surface area (Å²) >= 11 is 0. The first-order valence-corrected chi connectivity index (χ1v) is 9.69. The number of carbonyl (C=O) groups is 2. The molecular weight excluding hydrogens is 356 g/mol. The van der Waals surface area contributed by atoms with Gasteiger partial charge in [0.25, 0.3) is 0 Å². The van der Waals surface area contributed by atoms with Crippen LogP contribution in [0.2, 0.25) is 0 Å². The minimum absolute atomic E-state index is 0.184. The Morgan fingerprint density at radius 2 is 1.18 bits per heavy atom. The summed E-state index contributed by atoms with van der Waals surface area (Å²) in [7, 11) is 0. The zero-order chi connectivity index (χ0) is 20.4. The van der Waals surface area contributed by atoms with E-state index in [-0.39, 0.29) is 19.4 Å². The van der Waals surface area contributed by atoms with Gasteiger partial charge < -0.3 is 15.3 Å². The number of unbranched alkanes of at least 4 members (excludes halogenated alkanes) is 2. The zero-order valence-corrected chi connectivity index (χ0v) is 16.0. The van der Waals surface area contributed by atoms with E-state index in [1.807, 2.05) is 54.6 Å². The summed E-state index contributed by atoms with van der Waals surface area (Å²) in [5, 5.41) is 28.1. The van der Waals surface area contributed by atoms with Gasteiger partial charge in [0, 0.05) is 6.61 Å². The van der Waals surface area contributed by atoms with E-state index >= 15 is 0 Å². The van der Waals surface area contributed by atoms with E-state index in [9.17, 15) is 19.8 Å². The van der Waals surface area contributed by atoms with Gasteiger partial charge in [-0.25, -0.2) is 0 Å². The molecule has 0 fully saturated rings. The lowest BCUT2D eigenvalue weighted by atomic mass is 9.82. The van der Waals surface area contributed by atoms with Crippen molar-refractivity contribution in [2.45, 2.75) is 38.5 Å². The molecule has 150 valence electrons. The zero-order valence-electron chi connectivity index (χ0n) is 16.0. The van der Waals surface area contributed by atoms with Gasteiger partial charge >= 0.3 is 11.9 Å². The van der Waals surface area contributed by atoms with Crippen molar-refractivity contribution in [1.82, 2.24) is 0 Å². The number of aliphatic hydroxyl groups excluding tert-OH is 1. The van der Waals surface area contributed by atoms with Crippen molar-refractivity contribution in [1.29, 1.82) is 0 Å². The van der Waals surface area contributed by atoms with Crippen LogP contribution in [0.15, 0.2) is 54.6 Å². The van der Waals surface area contributed by atoms with Gasteiger partial charge in [0.2, 0.25) is 0 Å². The highest BCUT2D eigenvalue weighted by atomic mass is 16.4. The van der Waals surface area contributed by atoms with E-state index in [2.05, 4.69) is 0 Å². The molecule has 0 saturated heterocycles. The fourth-order valence-electron chi connectivity index (χ4n) is 3.39. The Morgan fingerprint density at radius 1 is 0.679 bits per heavy atom. The predicted molar refractivity (Wildman–Crippen MR) is 107 cm³/mol. The molecule has 28 heavy (non-hydrogen) atoms. The molecule has 5 heteroatoms. The third-order valence-electron chi connectivity index (χ3n) is 5.02. The van der Waals surface area contributed by atoms with Crippen LogP contribution in [0.4, 0.5) is 0 Å². The molecule has 0 aliphatic heterocycles. The maximum atomic E-state index is 11.8. The summed E-state index contributed by atoms with van der Waals surface area (Å²) in [6.07, 6.45) is 4.06. The normalized spacial score (nSPS) is 13.0. The number of hydrogen-bond donors (Lipinski definition) is 3.